The molecule has 0 aliphatic heterocycles. The smallest absolute Gasteiger partial charge is 0.319 e. The topological polar surface area (TPSA) is 61.4 Å². The molecule has 0 spiro atoms. The minimum Gasteiger partial charge on any atom is -0.389 e. The number of aliphatic hydroxyl groups is 1. The van der Waals surface area contributed by atoms with Gasteiger partial charge in [-0.15, -0.1) is 0 Å². The maximum absolute atomic E-state index is 11.2. The van der Waals surface area contributed by atoms with Crippen LogP contribution in [-0.2, 0) is 0 Å². The van der Waals surface area contributed by atoms with Gasteiger partial charge in [0, 0.05) is 12.2 Å². The van der Waals surface area contributed by atoms with Gasteiger partial charge in [0.25, 0.3) is 0 Å². The highest BCUT2D eigenvalue weighted by Crippen LogP contribution is 2.16. The molecule has 3 N–H and O–H groups in total. The number of hydrogen-bond acceptors (Lipinski definition) is 2. The first-order valence-corrected chi connectivity index (χ1v) is 4.96. The van der Waals surface area contributed by atoms with Gasteiger partial charge in [-0.1, -0.05) is 12.1 Å². The van der Waals surface area contributed by atoms with E-state index in [1.54, 1.807) is 25.1 Å². The molecule has 1 aromatic rings. The Labute approximate surface area is 89.3 Å². The first-order valence-electron chi connectivity index (χ1n) is 4.96. The standard InChI is InChI=1S/C11H16N2O2/c1-3-12-11(15)13-10-6-4-5-9(7-10)8(2)14/h4-8,14H,3H2,1-2H3,(H2,12,13,15)/t8-/m0/s1. The maximum atomic E-state index is 11.2. The van der Waals surface area contributed by atoms with Gasteiger partial charge in [0.05, 0.1) is 6.10 Å². The van der Waals surface area contributed by atoms with E-state index in [0.717, 1.165) is 5.56 Å². The number of anilines is 1. The monoisotopic (exact) mass is 208 g/mol. The number of carbonyl (C=O) groups is 1. The number of rotatable bonds is 3. The molecule has 1 aromatic carbocycles. The van der Waals surface area contributed by atoms with Crippen LogP contribution in [0.25, 0.3) is 0 Å². The maximum Gasteiger partial charge on any atom is 0.319 e. The van der Waals surface area contributed by atoms with Gasteiger partial charge in [0.1, 0.15) is 0 Å². The SMILES string of the molecule is CCNC(=O)Nc1cccc([C@H](C)O)c1. The Hall–Kier alpha value is -1.55. The van der Waals surface area contributed by atoms with E-state index in [-0.39, 0.29) is 6.03 Å². The van der Waals surface area contributed by atoms with E-state index >= 15 is 0 Å². The molecule has 0 radical (unpaired) electrons. The molecule has 0 bridgehead atoms. The van der Waals surface area contributed by atoms with Gasteiger partial charge in [0.15, 0.2) is 0 Å². The zero-order valence-corrected chi connectivity index (χ0v) is 8.95. The molecular weight excluding hydrogens is 192 g/mol. The highest BCUT2D eigenvalue weighted by molar-refractivity contribution is 5.89. The number of carbonyl (C=O) groups excluding carboxylic acids is 1. The molecule has 15 heavy (non-hydrogen) atoms. The lowest BCUT2D eigenvalue weighted by molar-refractivity contribution is 0.199. The Morgan fingerprint density at radius 1 is 1.53 bits per heavy atom. The molecule has 0 aliphatic carbocycles. The van der Waals surface area contributed by atoms with Gasteiger partial charge in [-0.2, -0.15) is 0 Å². The average Bonchev–Trinajstić information content (AvgIpc) is 2.18. The van der Waals surface area contributed by atoms with Gasteiger partial charge in [0.2, 0.25) is 0 Å². The molecule has 0 unspecified atom stereocenters. The fourth-order valence-electron chi connectivity index (χ4n) is 1.21. The second kappa shape index (κ2) is 5.36. The third-order valence-electron chi connectivity index (χ3n) is 1.96. The summed E-state index contributed by atoms with van der Waals surface area (Å²) in [4.78, 5) is 11.2. The predicted octanol–water partition coefficient (Wildman–Crippen LogP) is 1.88. The lowest BCUT2D eigenvalue weighted by Crippen LogP contribution is -2.28. The molecule has 1 rings (SSSR count). The highest BCUT2D eigenvalue weighted by Gasteiger charge is 2.03. The van der Waals surface area contributed by atoms with Crippen molar-refractivity contribution in [2.45, 2.75) is 20.0 Å². The van der Waals surface area contributed by atoms with Crippen LogP contribution in [0.15, 0.2) is 24.3 Å². The fourth-order valence-corrected chi connectivity index (χ4v) is 1.21. The van der Waals surface area contributed by atoms with Crippen LogP contribution in [0.4, 0.5) is 10.5 Å². The van der Waals surface area contributed by atoms with E-state index in [4.69, 9.17) is 0 Å². The zero-order chi connectivity index (χ0) is 11.3. The number of nitrogens with one attached hydrogen (secondary N) is 2. The average molecular weight is 208 g/mol. The summed E-state index contributed by atoms with van der Waals surface area (Å²) in [5.41, 5.74) is 1.46. The molecule has 0 aromatic heterocycles. The van der Waals surface area contributed by atoms with Crippen molar-refractivity contribution in [3.8, 4) is 0 Å². The normalized spacial score (nSPS) is 11.9. The Morgan fingerprint density at radius 2 is 2.27 bits per heavy atom. The minimum atomic E-state index is -0.527. The molecule has 4 nitrogen and oxygen atoms in total. The minimum absolute atomic E-state index is 0.236. The number of hydrogen-bond donors (Lipinski definition) is 3. The summed E-state index contributed by atoms with van der Waals surface area (Å²) >= 11 is 0. The third-order valence-corrected chi connectivity index (χ3v) is 1.96. The summed E-state index contributed by atoms with van der Waals surface area (Å²) in [5, 5.41) is 14.7. The largest absolute Gasteiger partial charge is 0.389 e. The number of urea groups is 1. The second-order valence-electron chi connectivity index (χ2n) is 3.29. The van der Waals surface area contributed by atoms with Crippen molar-refractivity contribution in [2.24, 2.45) is 0 Å². The van der Waals surface area contributed by atoms with Crippen molar-refractivity contribution in [2.75, 3.05) is 11.9 Å². The molecule has 0 aliphatic rings. The van der Waals surface area contributed by atoms with E-state index in [1.807, 2.05) is 13.0 Å². The first kappa shape index (κ1) is 11.5. The van der Waals surface area contributed by atoms with Gasteiger partial charge in [-0.3, -0.25) is 0 Å². The Balaban J connectivity index is 2.69. The molecule has 82 valence electrons. The third kappa shape index (κ3) is 3.59. The number of amides is 2. The van der Waals surface area contributed by atoms with E-state index in [2.05, 4.69) is 10.6 Å². The van der Waals surface area contributed by atoms with Gasteiger partial charge < -0.3 is 15.7 Å². The van der Waals surface area contributed by atoms with Crippen molar-refractivity contribution in [3.05, 3.63) is 29.8 Å². The summed E-state index contributed by atoms with van der Waals surface area (Å²) in [7, 11) is 0. The van der Waals surface area contributed by atoms with Crippen LogP contribution < -0.4 is 10.6 Å². The second-order valence-corrected chi connectivity index (χ2v) is 3.29. The summed E-state index contributed by atoms with van der Waals surface area (Å²) in [6, 6.07) is 6.90. The van der Waals surface area contributed by atoms with E-state index in [9.17, 15) is 9.90 Å². The highest BCUT2D eigenvalue weighted by atomic mass is 16.3. The summed E-state index contributed by atoms with van der Waals surface area (Å²) in [5.74, 6) is 0. The van der Waals surface area contributed by atoms with E-state index in [1.165, 1.54) is 0 Å². The first-order chi connectivity index (χ1) is 7.13. The summed E-state index contributed by atoms with van der Waals surface area (Å²) in [6.07, 6.45) is -0.527. The van der Waals surface area contributed by atoms with Crippen LogP contribution >= 0.6 is 0 Å². The van der Waals surface area contributed by atoms with Crippen LogP contribution in [0.5, 0.6) is 0 Å². The van der Waals surface area contributed by atoms with E-state index < -0.39 is 6.10 Å². The van der Waals surface area contributed by atoms with E-state index in [0.29, 0.717) is 12.2 Å². The van der Waals surface area contributed by atoms with Crippen molar-refractivity contribution in [1.82, 2.24) is 5.32 Å². The molecule has 2 amide bonds. The summed E-state index contributed by atoms with van der Waals surface area (Å²) < 4.78 is 0. The quantitative estimate of drug-likeness (QED) is 0.710. The van der Waals surface area contributed by atoms with Crippen LogP contribution in [0, 0.1) is 0 Å². The number of benzene rings is 1. The van der Waals surface area contributed by atoms with Crippen LogP contribution in [0.1, 0.15) is 25.5 Å². The van der Waals surface area contributed by atoms with Gasteiger partial charge in [-0.25, -0.2) is 4.79 Å². The van der Waals surface area contributed by atoms with Gasteiger partial charge in [-0.05, 0) is 31.5 Å². The molecular formula is C11H16N2O2. The van der Waals surface area contributed by atoms with Crippen molar-refractivity contribution in [3.63, 3.8) is 0 Å². The number of aliphatic hydroxyl groups excluding tert-OH is 1. The van der Waals surface area contributed by atoms with Crippen molar-refractivity contribution >= 4 is 11.7 Å². The molecule has 0 fully saturated rings. The predicted molar refractivity (Wildman–Crippen MR) is 59.8 cm³/mol. The lowest BCUT2D eigenvalue weighted by atomic mass is 10.1. The zero-order valence-electron chi connectivity index (χ0n) is 8.95. The van der Waals surface area contributed by atoms with Crippen molar-refractivity contribution < 1.29 is 9.90 Å². The molecule has 4 heteroatoms. The molecule has 0 saturated carbocycles. The Bertz CT molecular complexity index is 337. The van der Waals surface area contributed by atoms with Gasteiger partial charge >= 0.3 is 6.03 Å². The molecule has 0 heterocycles. The Morgan fingerprint density at radius 3 is 2.87 bits per heavy atom. The van der Waals surface area contributed by atoms with Crippen LogP contribution in [-0.4, -0.2) is 17.7 Å². The van der Waals surface area contributed by atoms with Crippen LogP contribution in [0.2, 0.25) is 0 Å². The van der Waals surface area contributed by atoms with Crippen LogP contribution in [0.3, 0.4) is 0 Å². The molecule has 0 saturated heterocycles. The lowest BCUT2D eigenvalue weighted by Gasteiger charge is -2.09. The molecule has 1 atom stereocenters. The summed E-state index contributed by atoms with van der Waals surface area (Å²) in [6.45, 7) is 4.12. The van der Waals surface area contributed by atoms with Crippen molar-refractivity contribution in [1.29, 1.82) is 0 Å². The Kier molecular flexibility index (Phi) is 4.12. The fraction of sp³-hybridized carbons (Fsp3) is 0.364.